The van der Waals surface area contributed by atoms with E-state index in [-0.39, 0.29) is 19.1 Å². The molecule has 3 rings (SSSR count). The van der Waals surface area contributed by atoms with Crippen LogP contribution < -0.4 is 5.73 Å². The second kappa shape index (κ2) is 18.7. The topological polar surface area (TPSA) is 125 Å². The zero-order chi connectivity index (χ0) is 31.0. The summed E-state index contributed by atoms with van der Waals surface area (Å²) < 4.78 is 25.0. The number of imidazole rings is 1. The molecule has 0 saturated carbocycles. The summed E-state index contributed by atoms with van der Waals surface area (Å²) in [6, 6.07) is 10.6. The lowest BCUT2D eigenvalue weighted by Crippen LogP contribution is -2.17. The molecule has 12 heteroatoms. The molecule has 2 heterocycles. The van der Waals surface area contributed by atoms with Crippen LogP contribution in [0.3, 0.4) is 0 Å². The van der Waals surface area contributed by atoms with E-state index in [9.17, 15) is 9.46 Å². The summed E-state index contributed by atoms with van der Waals surface area (Å²) in [5, 5.41) is 3.53. The Morgan fingerprint density at radius 1 is 1.02 bits per heavy atom. The van der Waals surface area contributed by atoms with Gasteiger partial charge in [-0.05, 0) is 50.2 Å². The van der Waals surface area contributed by atoms with Crippen molar-refractivity contribution < 1.29 is 18.7 Å². The molecule has 0 aliphatic carbocycles. The van der Waals surface area contributed by atoms with Gasteiger partial charge in [-0.2, -0.15) is 21.8 Å². The molecule has 9 nitrogen and oxygen atoms in total. The number of nitrogens with two attached hydrogens (primary N) is 1. The van der Waals surface area contributed by atoms with E-state index < -0.39 is 17.6 Å². The number of anilines is 1. The Kier molecular flexibility index (Phi) is 15.4. The molecule has 0 aliphatic rings. The number of fused-ring (bicyclic) bond motifs is 1. The third-order valence-electron chi connectivity index (χ3n) is 6.93. The predicted octanol–water partition coefficient (Wildman–Crippen LogP) is 7.30. The summed E-state index contributed by atoms with van der Waals surface area (Å²) >= 11 is 1.76. The second-order valence-corrected chi connectivity index (χ2v) is 17.4. The summed E-state index contributed by atoms with van der Waals surface area (Å²) in [5.41, 5.74) is 6.94. The lowest BCUT2D eigenvalue weighted by Gasteiger charge is -2.24. The number of nitrogen functional groups attached to an aromatic ring is 1. The minimum atomic E-state index is -3.81. The maximum Gasteiger partial charge on any atom is 0.353 e. The Morgan fingerprint density at radius 3 is 2.47 bits per heavy atom. The Morgan fingerprint density at radius 2 is 1.72 bits per heavy atom. The van der Waals surface area contributed by atoms with Gasteiger partial charge in [0.15, 0.2) is 11.5 Å². The number of aromatic nitrogens is 4. The van der Waals surface area contributed by atoms with Gasteiger partial charge in [-0.15, -0.1) is 0 Å². The van der Waals surface area contributed by atoms with Gasteiger partial charge in [-0.1, -0.05) is 67.9 Å². The van der Waals surface area contributed by atoms with Gasteiger partial charge in [0.1, 0.15) is 18.2 Å². The smallest absolute Gasteiger partial charge is 0.353 e. The number of rotatable bonds is 20. The molecular weight excluding hydrogens is 601 g/mol. The summed E-state index contributed by atoms with van der Waals surface area (Å²) in [7, 11) is -4.82. The van der Waals surface area contributed by atoms with E-state index in [1.165, 1.54) is 56.2 Å². The fourth-order valence-electron chi connectivity index (χ4n) is 4.49. The molecule has 3 aromatic rings. The van der Waals surface area contributed by atoms with Crippen molar-refractivity contribution in [2.45, 2.75) is 82.3 Å². The quantitative estimate of drug-likeness (QED) is 0.0737. The summed E-state index contributed by atoms with van der Waals surface area (Å²) in [4.78, 5) is 23.8. The zero-order valence-corrected chi connectivity index (χ0v) is 28.3. The highest BCUT2D eigenvalue weighted by molar-refractivity contribution is 8.36. The van der Waals surface area contributed by atoms with Crippen molar-refractivity contribution in [3.63, 3.8) is 0 Å². The Hall–Kier alpha value is -2.06. The Balaban J connectivity index is 1.12. The molecule has 0 aliphatic heterocycles. The van der Waals surface area contributed by atoms with Gasteiger partial charge >= 0.3 is 7.60 Å². The predicted molar refractivity (Wildman–Crippen MR) is 182 cm³/mol. The molecule has 0 bridgehead atoms. The van der Waals surface area contributed by atoms with Crippen molar-refractivity contribution >= 4 is 46.4 Å². The number of hydrogen-bond acceptors (Lipinski definition) is 8. The van der Waals surface area contributed by atoms with Crippen molar-refractivity contribution in [2.24, 2.45) is 0 Å². The average molecular weight is 650 g/mol. The average Bonchev–Trinajstić information content (AvgIpc) is 3.40. The Bertz CT molecular complexity index is 1350. The van der Waals surface area contributed by atoms with E-state index in [1.807, 2.05) is 6.92 Å². The summed E-state index contributed by atoms with van der Waals surface area (Å²) in [6.45, 7) is 2.46. The fraction of sp³-hybridized carbons (Fsp3) is 0.581. The van der Waals surface area contributed by atoms with Gasteiger partial charge < -0.3 is 24.5 Å². The third kappa shape index (κ3) is 13.2. The third-order valence-corrected chi connectivity index (χ3v) is 11.1. The molecule has 3 N–H and O–H groups in total. The summed E-state index contributed by atoms with van der Waals surface area (Å²) in [6.07, 6.45) is 17.8. The molecule has 0 spiro atoms. The lowest BCUT2D eigenvalue weighted by atomic mass is 10.1. The van der Waals surface area contributed by atoms with E-state index in [4.69, 9.17) is 15.0 Å². The first-order valence-electron chi connectivity index (χ1n) is 15.0. The lowest BCUT2D eigenvalue weighted by molar-refractivity contribution is 0.0724. The molecule has 1 unspecified atom stereocenters. The molecule has 0 amide bonds. The molecule has 0 saturated heterocycles. The van der Waals surface area contributed by atoms with Gasteiger partial charge in [-0.25, -0.2) is 15.0 Å². The minimum absolute atomic E-state index is 0.230. The number of unbranched alkanes of at least 4 members (excludes halogenated alkanes) is 8. The first-order chi connectivity index (χ1) is 20.7. The minimum Gasteiger partial charge on any atom is -0.382 e. The van der Waals surface area contributed by atoms with Gasteiger partial charge in [0.25, 0.3) is 0 Å². The van der Waals surface area contributed by atoms with Crippen LogP contribution in [-0.4, -0.2) is 67.5 Å². The maximum absolute atomic E-state index is 12.3. The van der Waals surface area contributed by atoms with Gasteiger partial charge in [0, 0.05) is 17.1 Å². The first kappa shape index (κ1) is 35.4. The van der Waals surface area contributed by atoms with E-state index in [0.29, 0.717) is 29.3 Å². The zero-order valence-electron chi connectivity index (χ0n) is 25.8. The van der Waals surface area contributed by atoms with Crippen LogP contribution in [0, 0.1) is 11.2 Å². The van der Waals surface area contributed by atoms with E-state index in [2.05, 4.69) is 69.0 Å². The molecule has 0 fully saturated rings. The highest BCUT2D eigenvalue weighted by Crippen LogP contribution is 2.47. The number of thioether (sulfide) groups is 1. The second-order valence-electron chi connectivity index (χ2n) is 11.0. The number of ether oxygens (including phenoxy) is 1. The number of benzene rings is 1. The molecule has 2 atom stereocenters. The van der Waals surface area contributed by atoms with Crippen LogP contribution in [0.1, 0.15) is 64.7 Å². The first-order valence-corrected chi connectivity index (χ1v) is 20.4. The van der Waals surface area contributed by atoms with Gasteiger partial charge in [0.2, 0.25) is 0 Å². The number of nitrogens with zero attached hydrogens (tertiary/aromatic N) is 4. The van der Waals surface area contributed by atoms with Crippen LogP contribution in [-0.2, 0) is 20.4 Å². The van der Waals surface area contributed by atoms with E-state index in [0.717, 1.165) is 18.6 Å². The molecule has 43 heavy (non-hydrogen) atoms. The van der Waals surface area contributed by atoms with Gasteiger partial charge in [-0.3, -0.25) is 4.57 Å². The molecule has 0 radical (unpaired) electrons. The monoisotopic (exact) mass is 649 g/mol. The molecule has 2 aromatic heterocycles. The fourth-order valence-corrected chi connectivity index (χ4v) is 7.74. The van der Waals surface area contributed by atoms with Crippen LogP contribution in [0.2, 0.25) is 0 Å². The van der Waals surface area contributed by atoms with Crippen LogP contribution >= 0.6 is 29.4 Å². The molecule has 238 valence electrons. The van der Waals surface area contributed by atoms with Gasteiger partial charge in [0.05, 0.1) is 25.6 Å². The van der Waals surface area contributed by atoms with Crippen molar-refractivity contribution in [1.82, 2.24) is 19.5 Å². The molecular formula is C31H48N5O4PS2. The van der Waals surface area contributed by atoms with Crippen LogP contribution in [0.5, 0.6) is 0 Å². The van der Waals surface area contributed by atoms with E-state index >= 15 is 0 Å². The van der Waals surface area contributed by atoms with Crippen LogP contribution in [0.25, 0.3) is 11.2 Å². The SMILES string of the molecule is C[C@H](Cn1cnc2c(N)ncnc21)OCP(=O)(O)OCCSCCCCCCCCCCC#CS(C)(C)c1ccccc1. The highest BCUT2D eigenvalue weighted by atomic mass is 32.3. The van der Waals surface area contributed by atoms with Crippen molar-refractivity contribution in [3.8, 4) is 11.2 Å². The van der Waals surface area contributed by atoms with Crippen molar-refractivity contribution in [3.05, 3.63) is 43.0 Å². The largest absolute Gasteiger partial charge is 0.382 e. The van der Waals surface area contributed by atoms with Crippen molar-refractivity contribution in [1.29, 1.82) is 0 Å². The van der Waals surface area contributed by atoms with Crippen LogP contribution in [0.15, 0.2) is 47.9 Å². The normalized spacial score (nSPS) is 14.2. The Labute approximate surface area is 263 Å². The maximum atomic E-state index is 12.3. The highest BCUT2D eigenvalue weighted by Gasteiger charge is 2.21. The molecule has 1 aromatic carbocycles. The van der Waals surface area contributed by atoms with Crippen LogP contribution in [0.4, 0.5) is 5.82 Å². The van der Waals surface area contributed by atoms with Crippen molar-refractivity contribution in [2.75, 3.05) is 42.7 Å². The number of hydrogen-bond donors (Lipinski definition) is 2. The standard InChI is InChI=1S/C31H48N5O4PS2/c1-27(23-36-25-35-29-30(32)33-24-34-31(29)36)39-26-41(37,38)40-19-21-42-20-15-10-8-6-4-5-7-9-11-16-22-43(2,3)28-17-13-12-14-18-28/h12-14,17-18,24-25,27H,4-11,15,19-21,23,26H2,1-3H3,(H,37,38)(H2,32,33,34)/t27-/m1/s1. The summed E-state index contributed by atoms with van der Waals surface area (Å²) in [5.74, 6) is 5.47. The van der Waals surface area contributed by atoms with E-state index in [1.54, 1.807) is 22.7 Å².